The average molecular weight is 691 g/mol. The fraction of sp³-hybridized carbons (Fsp3) is 0.263. The Hall–Kier alpha value is -1.96. The Morgan fingerprint density at radius 3 is 2.00 bits per heavy atom. The first-order valence-corrected chi connectivity index (χ1v) is 16.3. The van der Waals surface area contributed by atoms with Gasteiger partial charge in [0.05, 0.1) is 0 Å². The van der Waals surface area contributed by atoms with Crippen LogP contribution >= 0.6 is 11.3 Å². The van der Waals surface area contributed by atoms with Gasteiger partial charge in [0.2, 0.25) is 0 Å². The van der Waals surface area contributed by atoms with Crippen LogP contribution < -0.4 is 24.8 Å². The number of hydrogen-bond donors (Lipinski definition) is 0. The summed E-state index contributed by atoms with van der Waals surface area (Å²) in [6.07, 6.45) is 1.03. The topological polar surface area (TPSA) is 0 Å². The molecule has 0 spiro atoms. The van der Waals surface area contributed by atoms with Gasteiger partial charge in [0.25, 0.3) is 0 Å². The average Bonchev–Trinajstić information content (AvgIpc) is 3.68. The number of thiophene rings is 1. The van der Waals surface area contributed by atoms with Gasteiger partial charge in [-0.25, -0.2) is 11.3 Å². The van der Waals surface area contributed by atoms with Crippen molar-refractivity contribution in [1.29, 1.82) is 0 Å². The quantitative estimate of drug-likeness (QED) is 0.235. The molecule has 0 unspecified atom stereocenters. The summed E-state index contributed by atoms with van der Waals surface area (Å²) in [6, 6.07) is 34.0. The van der Waals surface area contributed by atoms with E-state index in [1.807, 2.05) is 6.07 Å². The number of aryl methyl sites for hydroxylation is 1. The fourth-order valence-corrected chi connectivity index (χ4v) is 5.91. The molecule has 1 aliphatic carbocycles. The first-order valence-electron chi connectivity index (χ1n) is 14.0. The molecule has 0 atom stereocenters. The van der Waals surface area contributed by atoms with E-state index in [4.69, 9.17) is 0 Å². The summed E-state index contributed by atoms with van der Waals surface area (Å²) >= 11 is 3.21. The number of benzene rings is 3. The van der Waals surface area contributed by atoms with Crippen LogP contribution in [0.3, 0.4) is 0 Å². The Balaban J connectivity index is 0.000000246. The van der Waals surface area contributed by atoms with Crippen molar-refractivity contribution in [3.8, 4) is 22.3 Å². The molecule has 218 valence electrons. The molecule has 0 saturated carbocycles. The number of hydrogen-bond acceptors (Lipinski definition) is 1. The van der Waals surface area contributed by atoms with Crippen LogP contribution in [0.2, 0.25) is 0 Å². The van der Waals surface area contributed by atoms with E-state index < -0.39 is 0 Å². The van der Waals surface area contributed by atoms with Gasteiger partial charge >= 0.3 is 63.8 Å². The normalized spacial score (nSPS) is 11.4. The second-order valence-electron chi connectivity index (χ2n) is 12.5. The summed E-state index contributed by atoms with van der Waals surface area (Å²) in [5.41, 5.74) is 14.2. The van der Waals surface area contributed by atoms with Crippen molar-refractivity contribution >= 4 is 15.0 Å². The van der Waals surface area contributed by atoms with Crippen molar-refractivity contribution in [3.05, 3.63) is 135 Å². The van der Waals surface area contributed by atoms with Gasteiger partial charge in [0, 0.05) is 0 Å². The van der Waals surface area contributed by atoms with Gasteiger partial charge in [-0.2, -0.15) is 35.4 Å². The minimum absolute atomic E-state index is 0. The molecule has 5 aromatic rings. The zero-order chi connectivity index (χ0) is 28.9. The standard InChI is InChI=1S/C21H25.C10H9S.C7H6.2ClH.Zr/c1-20(2,3)16-9-7-14-11-15-8-10-17(21(4,5)6)13-19(15)18(14)12-16;1-8-3-2-4-10(8)9-5-6-11-7-9;1-7-5-3-2-4-6-7;;;/h7,9-10,12-13H,11H2,1-6H3;2-7H,1H3;1-6H;2*1H;/q2*-1;;;;+2/p-2. The molecule has 0 fully saturated rings. The molecule has 0 radical (unpaired) electrons. The molecule has 0 saturated heterocycles. The Morgan fingerprint density at radius 2 is 1.48 bits per heavy atom. The maximum absolute atomic E-state index is 3.53. The van der Waals surface area contributed by atoms with E-state index in [9.17, 15) is 0 Å². The third-order valence-corrected chi connectivity index (χ3v) is 8.86. The molecular formula is C38H40Cl2SZr-2. The summed E-state index contributed by atoms with van der Waals surface area (Å²) in [6.45, 7) is 15.8. The van der Waals surface area contributed by atoms with Crippen LogP contribution in [-0.2, 0) is 41.5 Å². The molecule has 0 bridgehead atoms. The van der Waals surface area contributed by atoms with Crippen molar-refractivity contribution in [2.75, 3.05) is 0 Å². The minimum atomic E-state index is 0. The van der Waals surface area contributed by atoms with Crippen molar-refractivity contribution in [1.82, 2.24) is 0 Å². The van der Waals surface area contributed by atoms with Crippen molar-refractivity contribution < 1.29 is 49.0 Å². The Labute approximate surface area is 285 Å². The van der Waals surface area contributed by atoms with Crippen molar-refractivity contribution in [2.24, 2.45) is 0 Å². The molecule has 0 nitrogen and oxygen atoms in total. The Morgan fingerprint density at radius 1 is 0.810 bits per heavy atom. The molecule has 1 aliphatic rings. The zero-order valence-corrected chi connectivity index (χ0v) is 30.5. The van der Waals surface area contributed by atoms with E-state index in [1.54, 1.807) is 11.3 Å². The molecule has 1 aromatic heterocycles. The summed E-state index contributed by atoms with van der Waals surface area (Å²) in [4.78, 5) is 0. The predicted molar refractivity (Wildman–Crippen MR) is 173 cm³/mol. The van der Waals surface area contributed by atoms with Gasteiger partial charge in [0.15, 0.2) is 0 Å². The van der Waals surface area contributed by atoms with Crippen LogP contribution in [0.5, 0.6) is 0 Å². The van der Waals surface area contributed by atoms with Gasteiger partial charge in [-0.15, -0.1) is 34.9 Å². The first kappa shape index (κ1) is 36.2. The molecule has 4 heteroatoms. The fourth-order valence-electron chi connectivity index (χ4n) is 4.79. The van der Waals surface area contributed by atoms with Crippen LogP contribution in [0.25, 0.3) is 22.3 Å². The first-order chi connectivity index (χ1) is 19.0. The maximum atomic E-state index is 3.53. The molecular weight excluding hydrogens is 651 g/mol. The predicted octanol–water partition coefficient (Wildman–Crippen LogP) is 4.49. The molecule has 6 rings (SSSR count). The molecule has 1 heterocycles. The number of halogens is 2. The monoisotopic (exact) mass is 688 g/mol. The Kier molecular flexibility index (Phi) is 13.5. The van der Waals surface area contributed by atoms with Crippen LogP contribution in [0.15, 0.2) is 95.7 Å². The van der Waals surface area contributed by atoms with Crippen molar-refractivity contribution in [3.63, 3.8) is 0 Å². The van der Waals surface area contributed by atoms with E-state index in [0.29, 0.717) is 0 Å². The van der Waals surface area contributed by atoms with Crippen LogP contribution in [-0.4, -0.2) is 3.71 Å². The summed E-state index contributed by atoms with van der Waals surface area (Å²) in [5.74, 6) is 0. The van der Waals surface area contributed by atoms with Crippen LogP contribution in [0, 0.1) is 13.0 Å². The molecule has 4 aromatic carbocycles. The third kappa shape index (κ3) is 9.27. The van der Waals surface area contributed by atoms with Gasteiger partial charge in [-0.1, -0.05) is 99.5 Å². The molecule has 0 aliphatic heterocycles. The van der Waals surface area contributed by atoms with Gasteiger partial charge in [0.1, 0.15) is 0 Å². The van der Waals surface area contributed by atoms with Crippen LogP contribution in [0.4, 0.5) is 0 Å². The van der Waals surface area contributed by atoms with Gasteiger partial charge in [-0.05, 0) is 17.4 Å². The van der Waals surface area contributed by atoms with E-state index in [-0.39, 0.29) is 35.6 Å². The van der Waals surface area contributed by atoms with E-state index in [1.165, 1.54) is 79.9 Å². The number of fused-ring (bicyclic) bond motifs is 3. The second kappa shape index (κ2) is 15.7. The van der Waals surface area contributed by atoms with Gasteiger partial charge in [-0.3, -0.25) is 0 Å². The second-order valence-corrected chi connectivity index (χ2v) is 14.0. The number of rotatable bonds is 2. The summed E-state index contributed by atoms with van der Waals surface area (Å²) in [5, 5.41) is 4.30. The Bertz CT molecular complexity index is 1490. The zero-order valence-electron chi connectivity index (χ0n) is 25.7. The van der Waals surface area contributed by atoms with Gasteiger partial charge < -0.3 is 24.8 Å². The van der Waals surface area contributed by atoms with E-state index in [0.717, 1.165) is 6.42 Å². The molecule has 0 N–H and O–H groups in total. The summed E-state index contributed by atoms with van der Waals surface area (Å²) < 4.78 is 2.17. The third-order valence-electron chi connectivity index (χ3n) is 7.36. The SMILES string of the molecule is CC(C)(C)c1c[c-]c2c(c1)-c1cc(C(C)(C)C)ccc1C2.Cc1ccc[c-]1-c1ccsc1.[Cl-].[Cl-].[Zr+2]=[CH]c1ccccc1. The molecule has 42 heavy (non-hydrogen) atoms. The van der Waals surface area contributed by atoms with Crippen LogP contribution in [0.1, 0.15) is 74.9 Å². The van der Waals surface area contributed by atoms with Crippen molar-refractivity contribution in [2.45, 2.75) is 65.7 Å². The van der Waals surface area contributed by atoms with E-state index in [2.05, 4.69) is 148 Å². The molecule has 0 amide bonds. The summed E-state index contributed by atoms with van der Waals surface area (Å²) in [7, 11) is 0. The van der Waals surface area contributed by atoms with E-state index >= 15 is 0 Å².